The molecule has 9 atom stereocenters. The monoisotopic (exact) mass is 722 g/mol. The van der Waals surface area contributed by atoms with Crippen LogP contribution >= 0.6 is 0 Å². The van der Waals surface area contributed by atoms with Crippen LogP contribution in [-0.4, -0.2) is 62.8 Å². The first-order valence-corrected chi connectivity index (χ1v) is 20.3. The minimum atomic E-state index is -1.16. The number of allylic oxidation sites excluding steroid dienone is 1. The Morgan fingerprint density at radius 1 is 1.02 bits per heavy atom. The van der Waals surface area contributed by atoms with E-state index >= 15 is 0 Å². The van der Waals surface area contributed by atoms with Gasteiger partial charge in [0.2, 0.25) is 0 Å². The van der Waals surface area contributed by atoms with Gasteiger partial charge in [0, 0.05) is 42.7 Å². The first-order valence-electron chi connectivity index (χ1n) is 20.3. The van der Waals surface area contributed by atoms with Gasteiger partial charge in [-0.3, -0.25) is 14.4 Å². The number of imidazole rings is 1. The van der Waals surface area contributed by atoms with E-state index < -0.39 is 28.9 Å². The standard InChI is InChI=1S/C43H67N3O6/c1-27(2)35-29(47)23-43(32(48)25-44-19-10-21-46-22-20-45-26-46)18-17-41(8)28(36(35)43)11-12-31-40(7)15-14-33(52-34(49)24-38(3,4)37(50)51)39(5,6)30(40)13-16-42(31,41)9/h20,22,26-28,30-33,44,48H,10-19,21,23-25H2,1-9H3,(H,50,51). The highest BCUT2D eigenvalue weighted by Crippen LogP contribution is 2.77. The summed E-state index contributed by atoms with van der Waals surface area (Å²) in [5, 5.41) is 25.3. The number of rotatable bonds is 12. The SMILES string of the molecule is CC(C)C1=C2C3CCC4C5(C)CCC(OC(=O)CC(C)(C)C(=O)O)C(C)(C)C5CCC4(C)C3(C)CCC2(C(O)CNCCCn2ccnc2)CC1=O. The Balaban J connectivity index is 1.23. The summed E-state index contributed by atoms with van der Waals surface area (Å²) in [4.78, 5) is 43.0. The Morgan fingerprint density at radius 3 is 2.40 bits per heavy atom. The van der Waals surface area contributed by atoms with E-state index in [0.717, 1.165) is 76.5 Å². The molecule has 0 saturated heterocycles. The van der Waals surface area contributed by atoms with Crippen molar-refractivity contribution in [2.45, 2.75) is 152 Å². The number of fused-ring (bicyclic) bond motifs is 7. The summed E-state index contributed by atoms with van der Waals surface area (Å²) in [5.41, 5.74) is 0.554. The van der Waals surface area contributed by atoms with Gasteiger partial charge in [-0.05, 0) is 124 Å². The van der Waals surface area contributed by atoms with Crippen LogP contribution in [-0.2, 0) is 25.7 Å². The molecule has 9 nitrogen and oxygen atoms in total. The molecule has 0 bridgehead atoms. The number of carbonyl (C=O) groups excluding carboxylic acids is 2. The zero-order valence-electron chi connectivity index (χ0n) is 33.5. The third-order valence-corrected chi connectivity index (χ3v) is 16.2. The lowest BCUT2D eigenvalue weighted by Gasteiger charge is -2.72. The minimum Gasteiger partial charge on any atom is -0.481 e. The molecule has 52 heavy (non-hydrogen) atoms. The number of esters is 1. The van der Waals surface area contributed by atoms with E-state index in [-0.39, 0.29) is 51.8 Å². The van der Waals surface area contributed by atoms with Gasteiger partial charge in [0.15, 0.2) is 5.78 Å². The number of nitrogens with one attached hydrogen (secondary N) is 1. The summed E-state index contributed by atoms with van der Waals surface area (Å²) in [7, 11) is 0. The van der Waals surface area contributed by atoms with Crippen molar-refractivity contribution in [3.63, 3.8) is 0 Å². The smallest absolute Gasteiger partial charge is 0.309 e. The number of aryl methyl sites for hydroxylation is 1. The highest BCUT2D eigenvalue weighted by Gasteiger charge is 2.70. The Hall–Kier alpha value is -2.52. The number of aliphatic hydroxyl groups is 1. The van der Waals surface area contributed by atoms with E-state index in [1.807, 2.05) is 12.5 Å². The van der Waals surface area contributed by atoms with Crippen LogP contribution in [0, 0.1) is 56.2 Å². The van der Waals surface area contributed by atoms with Gasteiger partial charge in [-0.25, -0.2) is 4.98 Å². The van der Waals surface area contributed by atoms with Crippen molar-refractivity contribution in [3.8, 4) is 0 Å². The topological polar surface area (TPSA) is 131 Å². The fraction of sp³-hybridized carbons (Fsp3) is 0.814. The third-order valence-electron chi connectivity index (χ3n) is 16.2. The average molecular weight is 722 g/mol. The van der Waals surface area contributed by atoms with Crippen molar-refractivity contribution in [2.24, 2.45) is 56.2 Å². The third kappa shape index (κ3) is 6.12. The number of ether oxygens (including phenoxy) is 1. The molecule has 4 saturated carbocycles. The quantitative estimate of drug-likeness (QED) is 0.149. The second-order valence-electron chi connectivity index (χ2n) is 19.9. The Kier molecular flexibility index (Phi) is 10.3. The molecule has 9 unspecified atom stereocenters. The van der Waals surface area contributed by atoms with E-state index in [1.54, 1.807) is 20.0 Å². The molecule has 4 fully saturated rings. The van der Waals surface area contributed by atoms with E-state index in [9.17, 15) is 24.6 Å². The molecule has 1 aromatic rings. The van der Waals surface area contributed by atoms with E-state index in [0.29, 0.717) is 24.8 Å². The summed E-state index contributed by atoms with van der Waals surface area (Å²) >= 11 is 0. The summed E-state index contributed by atoms with van der Waals surface area (Å²) in [6, 6.07) is 0. The lowest BCUT2D eigenvalue weighted by Crippen LogP contribution is -2.66. The molecule has 1 aromatic heterocycles. The van der Waals surface area contributed by atoms with Crippen LogP contribution in [0.4, 0.5) is 0 Å². The molecule has 9 heteroatoms. The maximum Gasteiger partial charge on any atom is 0.309 e. The highest BCUT2D eigenvalue weighted by atomic mass is 16.5. The number of carbonyl (C=O) groups is 3. The fourth-order valence-electron chi connectivity index (χ4n) is 13.2. The fourth-order valence-corrected chi connectivity index (χ4v) is 13.2. The molecule has 290 valence electrons. The predicted molar refractivity (Wildman–Crippen MR) is 201 cm³/mol. The minimum absolute atomic E-state index is 0.00130. The van der Waals surface area contributed by atoms with Crippen molar-refractivity contribution in [1.29, 1.82) is 0 Å². The summed E-state index contributed by atoms with van der Waals surface area (Å²) < 4.78 is 8.24. The van der Waals surface area contributed by atoms with E-state index in [4.69, 9.17) is 4.74 Å². The van der Waals surface area contributed by atoms with Crippen molar-refractivity contribution >= 4 is 17.7 Å². The molecule has 0 spiro atoms. The first kappa shape index (κ1) is 39.2. The second kappa shape index (κ2) is 13.6. The average Bonchev–Trinajstić information content (AvgIpc) is 3.68. The van der Waals surface area contributed by atoms with Crippen LogP contribution in [0.5, 0.6) is 0 Å². The number of hydrogen-bond acceptors (Lipinski definition) is 7. The zero-order valence-corrected chi connectivity index (χ0v) is 33.5. The first-order chi connectivity index (χ1) is 24.2. The number of carboxylic acids is 1. The van der Waals surface area contributed by atoms with Gasteiger partial charge in [-0.2, -0.15) is 0 Å². The largest absolute Gasteiger partial charge is 0.481 e. The number of Topliss-reactive ketones (excluding diaryl/α,β-unsaturated/α-hetero) is 1. The molecule has 5 aliphatic carbocycles. The molecule has 0 aliphatic heterocycles. The summed E-state index contributed by atoms with van der Waals surface area (Å²) in [6.45, 7) is 21.8. The van der Waals surface area contributed by atoms with E-state index in [1.165, 1.54) is 5.57 Å². The molecule has 0 aromatic carbocycles. The number of aromatic nitrogens is 2. The molecule has 5 aliphatic rings. The molecule has 6 rings (SSSR count). The van der Waals surface area contributed by atoms with Crippen LogP contribution < -0.4 is 5.32 Å². The van der Waals surface area contributed by atoms with Crippen LogP contribution in [0.2, 0.25) is 0 Å². The number of aliphatic carboxylic acids is 1. The van der Waals surface area contributed by atoms with Crippen LogP contribution in [0.3, 0.4) is 0 Å². The maximum absolute atomic E-state index is 14.0. The van der Waals surface area contributed by atoms with Crippen molar-refractivity contribution in [1.82, 2.24) is 14.9 Å². The molecule has 0 radical (unpaired) electrons. The maximum atomic E-state index is 14.0. The molecule has 1 heterocycles. The Labute approximate surface area is 312 Å². The molecule has 0 amide bonds. The van der Waals surface area contributed by atoms with Crippen molar-refractivity contribution in [2.75, 3.05) is 13.1 Å². The van der Waals surface area contributed by atoms with Gasteiger partial charge < -0.3 is 24.8 Å². The zero-order chi connectivity index (χ0) is 38.1. The lowest BCUT2D eigenvalue weighted by molar-refractivity contribution is -0.235. The van der Waals surface area contributed by atoms with Gasteiger partial charge in [0.25, 0.3) is 0 Å². The van der Waals surface area contributed by atoms with E-state index in [2.05, 4.69) is 63.3 Å². The van der Waals surface area contributed by atoms with Gasteiger partial charge in [-0.15, -0.1) is 0 Å². The number of carboxylic acid groups (broad SMARTS) is 1. The number of ketones is 1. The van der Waals surface area contributed by atoms with Crippen LogP contribution in [0.1, 0.15) is 133 Å². The normalized spacial score (nSPS) is 37.6. The Bertz CT molecular complexity index is 1560. The number of nitrogens with zero attached hydrogens (tertiary/aromatic N) is 2. The van der Waals surface area contributed by atoms with Crippen molar-refractivity contribution in [3.05, 3.63) is 29.9 Å². The highest BCUT2D eigenvalue weighted by molar-refractivity contribution is 6.00. The van der Waals surface area contributed by atoms with Crippen LogP contribution in [0.25, 0.3) is 0 Å². The molecular formula is C43H67N3O6. The summed E-state index contributed by atoms with van der Waals surface area (Å²) in [6.07, 6.45) is 13.9. The van der Waals surface area contributed by atoms with Gasteiger partial charge >= 0.3 is 11.9 Å². The second-order valence-corrected chi connectivity index (χ2v) is 19.9. The summed E-state index contributed by atoms with van der Waals surface area (Å²) in [5.74, 6) is 0.110. The number of aliphatic hydroxyl groups excluding tert-OH is 1. The molecular weight excluding hydrogens is 654 g/mol. The van der Waals surface area contributed by atoms with Crippen LogP contribution in [0.15, 0.2) is 29.9 Å². The van der Waals surface area contributed by atoms with Gasteiger partial charge in [-0.1, -0.05) is 54.0 Å². The van der Waals surface area contributed by atoms with Gasteiger partial charge in [0.05, 0.1) is 24.3 Å². The number of hydrogen-bond donors (Lipinski definition) is 3. The molecule has 3 N–H and O–H groups in total. The predicted octanol–water partition coefficient (Wildman–Crippen LogP) is 7.62. The Morgan fingerprint density at radius 2 is 1.75 bits per heavy atom. The van der Waals surface area contributed by atoms with Gasteiger partial charge in [0.1, 0.15) is 6.10 Å². The lowest BCUT2D eigenvalue weighted by atomic mass is 9.33. The van der Waals surface area contributed by atoms with Crippen molar-refractivity contribution < 1.29 is 29.3 Å².